The van der Waals surface area contributed by atoms with Gasteiger partial charge in [-0.2, -0.15) is 0 Å². The maximum absolute atomic E-state index is 4.91. The first-order valence-corrected chi connectivity index (χ1v) is 6.33. The number of rotatable bonds is 5. The zero-order valence-corrected chi connectivity index (χ0v) is 11.9. The number of hydrogen-bond acceptors (Lipinski definition) is 2. The Kier molecular flexibility index (Phi) is 9.55. The molecular formula is C15H27NO. The van der Waals surface area contributed by atoms with E-state index >= 15 is 0 Å². The second kappa shape index (κ2) is 10.2. The Morgan fingerprint density at radius 2 is 1.76 bits per heavy atom. The van der Waals surface area contributed by atoms with E-state index in [1.54, 1.807) is 7.11 Å². The van der Waals surface area contributed by atoms with E-state index in [1.807, 2.05) is 30.3 Å². The third kappa shape index (κ3) is 9.88. The molecule has 1 unspecified atom stereocenters. The molecular weight excluding hydrogens is 210 g/mol. The summed E-state index contributed by atoms with van der Waals surface area (Å²) in [5, 5.41) is 0. The van der Waals surface area contributed by atoms with Gasteiger partial charge in [0.25, 0.3) is 0 Å². The summed E-state index contributed by atoms with van der Waals surface area (Å²) in [6, 6.07) is 9.68. The first-order chi connectivity index (χ1) is 8.10. The first-order valence-electron chi connectivity index (χ1n) is 6.33. The first kappa shape index (κ1) is 16.0. The Labute approximate surface area is 107 Å². The number of hydrogen-bond donors (Lipinski definition) is 0. The van der Waals surface area contributed by atoms with Crippen LogP contribution in [0.3, 0.4) is 0 Å². The molecule has 0 fully saturated rings. The van der Waals surface area contributed by atoms with Gasteiger partial charge in [0.05, 0.1) is 7.11 Å². The van der Waals surface area contributed by atoms with E-state index in [2.05, 4.69) is 32.8 Å². The van der Waals surface area contributed by atoms with E-state index in [0.29, 0.717) is 0 Å². The molecule has 1 atom stereocenters. The van der Waals surface area contributed by atoms with Gasteiger partial charge in [0, 0.05) is 6.54 Å². The summed E-state index contributed by atoms with van der Waals surface area (Å²) in [6.07, 6.45) is 2.67. The topological polar surface area (TPSA) is 12.5 Å². The van der Waals surface area contributed by atoms with Gasteiger partial charge in [-0.25, -0.2) is 0 Å². The Bertz CT molecular complexity index is 259. The van der Waals surface area contributed by atoms with Crippen LogP contribution in [0.1, 0.15) is 26.7 Å². The van der Waals surface area contributed by atoms with Crippen molar-refractivity contribution in [3.63, 3.8) is 0 Å². The largest absolute Gasteiger partial charge is 0.497 e. The van der Waals surface area contributed by atoms with Crippen molar-refractivity contribution in [2.45, 2.75) is 26.7 Å². The summed E-state index contributed by atoms with van der Waals surface area (Å²) < 4.78 is 4.91. The molecule has 0 aliphatic rings. The molecule has 2 heteroatoms. The maximum atomic E-state index is 4.91. The standard InChI is InChI=1S/C8H19N.C7H8O/c1-5-6-8(2)7-9(3)4;1-8-7-5-3-2-4-6-7/h8H,5-7H2,1-4H3;2-6H,1H3. The van der Waals surface area contributed by atoms with Gasteiger partial charge in [-0.15, -0.1) is 0 Å². The molecule has 0 saturated heterocycles. The van der Waals surface area contributed by atoms with Crippen molar-refractivity contribution in [3.05, 3.63) is 30.3 Å². The van der Waals surface area contributed by atoms with E-state index < -0.39 is 0 Å². The monoisotopic (exact) mass is 237 g/mol. The summed E-state index contributed by atoms with van der Waals surface area (Å²) in [5.41, 5.74) is 0. The molecule has 1 aromatic rings. The molecule has 98 valence electrons. The van der Waals surface area contributed by atoms with Crippen molar-refractivity contribution in [1.82, 2.24) is 4.90 Å². The van der Waals surface area contributed by atoms with Crippen LogP contribution in [0.25, 0.3) is 0 Å². The average Bonchev–Trinajstić information content (AvgIpc) is 2.30. The molecule has 1 rings (SSSR count). The lowest BCUT2D eigenvalue weighted by Crippen LogP contribution is -2.19. The molecule has 2 nitrogen and oxygen atoms in total. The highest BCUT2D eigenvalue weighted by molar-refractivity contribution is 5.20. The van der Waals surface area contributed by atoms with Crippen LogP contribution in [-0.2, 0) is 0 Å². The molecule has 0 amide bonds. The smallest absolute Gasteiger partial charge is 0.118 e. The van der Waals surface area contributed by atoms with Crippen molar-refractivity contribution in [2.24, 2.45) is 5.92 Å². The van der Waals surface area contributed by atoms with E-state index in [4.69, 9.17) is 4.74 Å². The van der Waals surface area contributed by atoms with E-state index in [9.17, 15) is 0 Å². The lowest BCUT2D eigenvalue weighted by atomic mass is 10.1. The molecule has 0 aliphatic carbocycles. The summed E-state index contributed by atoms with van der Waals surface area (Å²) in [7, 11) is 5.92. The minimum absolute atomic E-state index is 0.866. The third-order valence-electron chi connectivity index (χ3n) is 2.44. The number of methoxy groups -OCH3 is 1. The van der Waals surface area contributed by atoms with Crippen LogP contribution < -0.4 is 4.74 Å². The second-order valence-electron chi connectivity index (χ2n) is 4.67. The third-order valence-corrected chi connectivity index (χ3v) is 2.44. The fourth-order valence-electron chi connectivity index (χ4n) is 1.76. The van der Waals surface area contributed by atoms with Crippen molar-refractivity contribution >= 4 is 0 Å². The molecule has 0 aliphatic heterocycles. The van der Waals surface area contributed by atoms with Gasteiger partial charge in [0.2, 0.25) is 0 Å². The Hall–Kier alpha value is -1.02. The van der Waals surface area contributed by atoms with E-state index in [-0.39, 0.29) is 0 Å². The summed E-state index contributed by atoms with van der Waals surface area (Å²) in [5.74, 6) is 1.78. The second-order valence-corrected chi connectivity index (χ2v) is 4.67. The molecule has 0 N–H and O–H groups in total. The molecule has 0 bridgehead atoms. The zero-order valence-electron chi connectivity index (χ0n) is 11.9. The highest BCUT2D eigenvalue weighted by Gasteiger charge is 1.99. The lowest BCUT2D eigenvalue weighted by molar-refractivity contribution is 0.326. The number of ether oxygens (including phenoxy) is 1. The van der Waals surface area contributed by atoms with Gasteiger partial charge in [-0.05, 0) is 38.6 Å². The predicted molar refractivity (Wildman–Crippen MR) is 75.6 cm³/mol. The fourth-order valence-corrected chi connectivity index (χ4v) is 1.76. The lowest BCUT2D eigenvalue weighted by Gasteiger charge is -2.15. The quantitative estimate of drug-likeness (QED) is 0.774. The Morgan fingerprint density at radius 1 is 1.18 bits per heavy atom. The predicted octanol–water partition coefficient (Wildman–Crippen LogP) is 3.68. The highest BCUT2D eigenvalue weighted by Crippen LogP contribution is 2.05. The van der Waals surface area contributed by atoms with Crippen LogP contribution in [0.15, 0.2) is 30.3 Å². The van der Waals surface area contributed by atoms with Gasteiger partial charge in [0.1, 0.15) is 5.75 Å². The minimum atomic E-state index is 0.866. The summed E-state index contributed by atoms with van der Waals surface area (Å²) >= 11 is 0. The van der Waals surface area contributed by atoms with Crippen LogP contribution in [0.2, 0.25) is 0 Å². The van der Waals surface area contributed by atoms with Crippen molar-refractivity contribution < 1.29 is 4.74 Å². The zero-order chi connectivity index (χ0) is 13.1. The van der Waals surface area contributed by atoms with Gasteiger partial charge < -0.3 is 9.64 Å². The SMILES string of the molecule is CCCC(C)CN(C)C.COc1ccccc1. The molecule has 1 aromatic carbocycles. The van der Waals surface area contributed by atoms with Crippen molar-refractivity contribution in [3.8, 4) is 5.75 Å². The van der Waals surface area contributed by atoms with Crippen LogP contribution >= 0.6 is 0 Å². The van der Waals surface area contributed by atoms with Crippen LogP contribution in [0.5, 0.6) is 5.75 Å². The summed E-state index contributed by atoms with van der Waals surface area (Å²) in [6.45, 7) is 5.78. The number of para-hydroxylation sites is 1. The van der Waals surface area contributed by atoms with Crippen molar-refractivity contribution in [1.29, 1.82) is 0 Å². The van der Waals surface area contributed by atoms with Gasteiger partial charge in [0.15, 0.2) is 0 Å². The number of benzene rings is 1. The molecule has 0 spiro atoms. The minimum Gasteiger partial charge on any atom is -0.497 e. The van der Waals surface area contributed by atoms with Crippen molar-refractivity contribution in [2.75, 3.05) is 27.7 Å². The van der Waals surface area contributed by atoms with E-state index in [1.165, 1.54) is 19.4 Å². The van der Waals surface area contributed by atoms with Crippen LogP contribution in [-0.4, -0.2) is 32.6 Å². The average molecular weight is 237 g/mol. The van der Waals surface area contributed by atoms with Crippen LogP contribution in [0.4, 0.5) is 0 Å². The molecule has 0 aromatic heterocycles. The van der Waals surface area contributed by atoms with Crippen LogP contribution in [0, 0.1) is 5.92 Å². The normalized spacial score (nSPS) is 11.6. The molecule has 0 saturated carbocycles. The maximum Gasteiger partial charge on any atom is 0.118 e. The van der Waals surface area contributed by atoms with Gasteiger partial charge in [-0.1, -0.05) is 38.5 Å². The molecule has 17 heavy (non-hydrogen) atoms. The molecule has 0 radical (unpaired) electrons. The number of nitrogens with zero attached hydrogens (tertiary/aromatic N) is 1. The van der Waals surface area contributed by atoms with Gasteiger partial charge in [-0.3, -0.25) is 0 Å². The van der Waals surface area contributed by atoms with Gasteiger partial charge >= 0.3 is 0 Å². The highest BCUT2D eigenvalue weighted by atomic mass is 16.5. The Balaban J connectivity index is 0.000000302. The van der Waals surface area contributed by atoms with E-state index in [0.717, 1.165) is 11.7 Å². The Morgan fingerprint density at radius 3 is 2.12 bits per heavy atom. The molecule has 0 heterocycles. The fraction of sp³-hybridized carbons (Fsp3) is 0.600. The summed E-state index contributed by atoms with van der Waals surface area (Å²) in [4.78, 5) is 2.25.